The molecule has 4 amide bonds. The van der Waals surface area contributed by atoms with E-state index in [1.165, 1.54) is 4.90 Å². The zero-order valence-electron chi connectivity index (χ0n) is 39.1. The fourth-order valence-electron chi connectivity index (χ4n) is 7.16. The lowest BCUT2D eigenvalue weighted by Gasteiger charge is -2.39. The van der Waals surface area contributed by atoms with Crippen LogP contribution in [0.25, 0.3) is 0 Å². The highest BCUT2D eigenvalue weighted by Gasteiger charge is 2.43. The van der Waals surface area contributed by atoms with Crippen LogP contribution in [0.5, 0.6) is 0 Å². The van der Waals surface area contributed by atoms with Crippen LogP contribution >= 0.6 is 85.8 Å². The Labute approximate surface area is 443 Å². The van der Waals surface area contributed by atoms with Gasteiger partial charge in [-0.15, -0.1) is 11.8 Å². The molecule has 0 bridgehead atoms. The second-order valence-electron chi connectivity index (χ2n) is 16.0. The molecule has 0 aromatic heterocycles. The van der Waals surface area contributed by atoms with Gasteiger partial charge in [0, 0.05) is 6.42 Å². The molecule has 402 valence electrons. The average molecular weight is 1150 g/mol. The van der Waals surface area contributed by atoms with Gasteiger partial charge in [-0.3, -0.25) is 38.2 Å². The number of rotatable bonds is 27. The molecular weight excluding hydrogens is 1080 g/mol. The molecule has 3 aliphatic heterocycles. The van der Waals surface area contributed by atoms with Crippen molar-refractivity contribution in [2.45, 2.75) is 163 Å². The Morgan fingerprint density at radius 2 is 1.18 bits per heavy atom. The number of nitrogens with two attached hydrogens (primary N) is 1. The number of carbonyl (C=O) groups is 9. The van der Waals surface area contributed by atoms with Gasteiger partial charge in [0.05, 0.1) is 5.37 Å². The normalized spacial score (nSPS) is 21.4. The van der Waals surface area contributed by atoms with E-state index in [-0.39, 0.29) is 24.1 Å². The number of aliphatic hydroxyl groups excluding tert-OH is 1. The van der Waals surface area contributed by atoms with Crippen LogP contribution in [0.15, 0.2) is 19.0 Å². The summed E-state index contributed by atoms with van der Waals surface area (Å²) in [5.74, 6) is -3.39. The number of thioether (sulfide) groups is 1. The first-order valence-electron chi connectivity index (χ1n) is 22.7. The van der Waals surface area contributed by atoms with Crippen LogP contribution in [-0.2, 0) is 43.2 Å². The monoisotopic (exact) mass is 1150 g/mol. The number of nitrogens with one attached hydrogen (secondary N) is 2. The first-order chi connectivity index (χ1) is 33.8. The van der Waals surface area contributed by atoms with Crippen LogP contribution in [0.4, 0.5) is 0 Å². The quantitative estimate of drug-likeness (QED) is 0.0239. The Kier molecular flexibility index (Phi) is 38.0. The summed E-state index contributed by atoms with van der Waals surface area (Å²) in [4.78, 5) is 105. The molecule has 9 N–H and O–H groups in total. The second-order valence-corrected chi connectivity index (χ2v) is 19.6. The van der Waals surface area contributed by atoms with Gasteiger partial charge in [-0.2, -0.15) is 37.9 Å². The van der Waals surface area contributed by atoms with E-state index >= 15 is 0 Å². The number of carboxylic acids is 4. The molecule has 3 aliphatic rings. The lowest BCUT2D eigenvalue weighted by Crippen LogP contribution is -2.56. The molecule has 10 atom stereocenters. The van der Waals surface area contributed by atoms with Crippen molar-refractivity contribution in [2.24, 2.45) is 24.7 Å². The van der Waals surface area contributed by atoms with E-state index in [1.54, 1.807) is 11.8 Å². The van der Waals surface area contributed by atoms with E-state index in [9.17, 15) is 53.4 Å². The van der Waals surface area contributed by atoms with Crippen molar-refractivity contribution in [2.75, 3.05) is 29.6 Å². The highest BCUT2D eigenvalue weighted by molar-refractivity contribution is 7.99. The third kappa shape index (κ3) is 25.3. The van der Waals surface area contributed by atoms with Crippen molar-refractivity contribution in [3.63, 3.8) is 0 Å². The zero-order chi connectivity index (χ0) is 54.1. The number of carbonyl (C=O) groups excluding carboxylic acids is 5. The Morgan fingerprint density at radius 3 is 1.62 bits per heavy atom. The van der Waals surface area contributed by atoms with Gasteiger partial charge < -0.3 is 56.5 Å². The molecule has 31 heteroatoms. The van der Waals surface area contributed by atoms with Crippen LogP contribution in [0.2, 0.25) is 0 Å². The number of hydrogen-bond donors (Lipinski definition) is 11. The molecule has 71 heavy (non-hydrogen) atoms. The average Bonchev–Trinajstić information content (AvgIpc) is 3.51. The van der Waals surface area contributed by atoms with Crippen molar-refractivity contribution in [3.05, 3.63) is 0 Å². The summed E-state index contributed by atoms with van der Waals surface area (Å²) < 4.78 is 15.0. The van der Waals surface area contributed by atoms with Crippen molar-refractivity contribution >= 4 is 140 Å². The molecule has 23 nitrogen and oxygen atoms in total. The molecule has 3 heterocycles. The predicted octanol–water partition coefficient (Wildman–Crippen LogP) is 4.04. The van der Waals surface area contributed by atoms with Gasteiger partial charge in [-0.1, -0.05) is 0 Å². The Bertz CT molecular complexity index is 1790. The third-order valence-electron chi connectivity index (χ3n) is 10.9. The molecule has 0 radical (unpaired) electrons. The van der Waals surface area contributed by atoms with E-state index in [4.69, 9.17) is 21.1 Å². The number of unbranched alkanes of at least 4 members (excludes halogenated alkanes) is 2. The lowest BCUT2D eigenvalue weighted by molar-refractivity contribution is -0.165. The fourth-order valence-corrected chi connectivity index (χ4v) is 10.2. The number of aliphatic carboxylic acids is 4. The number of aldehydes is 1. The number of thiol groups is 3. The van der Waals surface area contributed by atoms with Crippen molar-refractivity contribution < 1.29 is 68.7 Å². The fraction of sp³-hybridized carbons (Fsp3) is 0.775. The Balaban J connectivity index is 0.000000920. The number of aliphatic hydroxyl groups is 1. The molecule has 0 aliphatic carbocycles. The molecule has 0 aromatic rings. The van der Waals surface area contributed by atoms with Gasteiger partial charge in [0.2, 0.25) is 17.7 Å². The zero-order valence-corrected chi connectivity index (χ0v) is 46.6. The summed E-state index contributed by atoms with van der Waals surface area (Å²) in [6.07, 6.45) is 7.92. The van der Waals surface area contributed by atoms with Crippen LogP contribution in [0.3, 0.4) is 0 Å². The molecule has 3 saturated heterocycles. The number of amides is 4. The number of hydrogen-bond acceptors (Lipinski definition) is 19. The number of likely N-dealkylation sites (tertiary alicyclic amines) is 1. The second kappa shape index (κ2) is 39.6. The number of nitrogens with zero attached hydrogens (tertiary/aromatic N) is 6. The SMILES string of the molecule is NCCCC[C@H](NC(=O)[C@H](CCS)N=P)C(=O)O.O=C(O)[C@@H]1CCCC(O)N1C(=O)[C@H](CCS)N=P.O=C(O)[C@@H]1CCCC2SCC[C@H](N=P)C(=O)N21.O=CCCC[C@H](NC(=O)[C@H](CCS)N=P)C(=O)O. The molecule has 0 saturated carbocycles. The summed E-state index contributed by atoms with van der Waals surface area (Å²) in [7, 11) is 11.8. The standard InChI is InChI=1S/C10H20N3O3PS.2C10H17N2O4PS.C10H15N2O3PS/c11-5-2-1-3-8(10(15)16)12-9(14)7(13-17)4-6-18;13-8-3-1-2-7(10(15)16)12(8)9(14)6(11-17)4-5-18;13-5-2-1-3-8(10(15)16)11-9(14)7(12-17)4-6-18;13-9-6(11-16)4-5-17-8-3-1-2-7(10(14)15)12(8)9/h7-8,17-18H,1-6,11H2,(H,12,14)(H,15,16);6-8,13,17-18H,1-5H2,(H,15,16);5,7-8,17-18H,1-4,6H2,(H,11,14)(H,15,16);6-8,16H,1-5H2,(H,14,15)/t7-,8-;6-,7-,8?;7-,8-;6-,7-,8?/m0000/s1. The smallest absolute Gasteiger partial charge is 0.326 e. The number of carboxylic acid groups (broad SMARTS) is 4. The van der Waals surface area contributed by atoms with Crippen molar-refractivity contribution in [1.82, 2.24) is 20.4 Å². The molecule has 0 aromatic carbocycles. The van der Waals surface area contributed by atoms with Crippen LogP contribution in [0.1, 0.15) is 103 Å². The summed E-state index contributed by atoms with van der Waals surface area (Å²) in [5.41, 5.74) is 5.34. The minimum absolute atomic E-state index is 0.00997. The van der Waals surface area contributed by atoms with Crippen molar-refractivity contribution in [1.29, 1.82) is 0 Å². The topological polar surface area (TPSA) is 361 Å². The Hall–Kier alpha value is -2.85. The summed E-state index contributed by atoms with van der Waals surface area (Å²) in [6, 6.07) is -5.96. The van der Waals surface area contributed by atoms with Gasteiger partial charge in [0.1, 0.15) is 60.8 Å². The summed E-state index contributed by atoms with van der Waals surface area (Å²) in [5, 5.41) is 51.0. The molecule has 3 rings (SSSR count). The van der Waals surface area contributed by atoms with E-state index < -0.39 is 96.2 Å². The highest BCUT2D eigenvalue weighted by atomic mass is 32.2. The van der Waals surface area contributed by atoms with E-state index in [0.29, 0.717) is 94.4 Å². The van der Waals surface area contributed by atoms with Gasteiger partial charge in [0.25, 0.3) is 5.91 Å². The molecular formula is C40H69N9O14P4S4. The van der Waals surface area contributed by atoms with Crippen LogP contribution < -0.4 is 16.4 Å². The van der Waals surface area contributed by atoms with E-state index in [2.05, 4.69) is 104 Å². The highest BCUT2D eigenvalue weighted by Crippen LogP contribution is 2.35. The Morgan fingerprint density at radius 1 is 0.704 bits per heavy atom. The van der Waals surface area contributed by atoms with Crippen LogP contribution in [0, 0.1) is 0 Å². The minimum Gasteiger partial charge on any atom is -0.480 e. The van der Waals surface area contributed by atoms with Gasteiger partial charge in [-0.05, 0) is 162 Å². The molecule has 2 unspecified atom stereocenters. The van der Waals surface area contributed by atoms with Crippen molar-refractivity contribution in [3.8, 4) is 0 Å². The maximum absolute atomic E-state index is 12.3. The third-order valence-corrected chi connectivity index (χ3v) is 14.3. The largest absolute Gasteiger partial charge is 0.480 e. The van der Waals surface area contributed by atoms with Gasteiger partial charge >= 0.3 is 23.9 Å². The lowest BCUT2D eigenvalue weighted by atomic mass is 9.99. The summed E-state index contributed by atoms with van der Waals surface area (Å²) >= 11 is 13.7. The predicted molar refractivity (Wildman–Crippen MR) is 287 cm³/mol. The van der Waals surface area contributed by atoms with E-state index in [1.807, 2.05) is 0 Å². The first-order valence-corrected chi connectivity index (χ1v) is 27.4. The number of fused-ring (bicyclic) bond motifs is 1. The summed E-state index contributed by atoms with van der Waals surface area (Å²) in [6.45, 7) is 0.513. The minimum atomic E-state index is -1.12. The van der Waals surface area contributed by atoms with Crippen LogP contribution in [-0.4, -0.2) is 179 Å². The maximum Gasteiger partial charge on any atom is 0.326 e. The van der Waals surface area contributed by atoms with Gasteiger partial charge in [-0.25, -0.2) is 19.2 Å². The van der Waals surface area contributed by atoms with E-state index in [0.717, 1.165) is 36.2 Å². The number of piperidine rings is 2. The molecule has 0 spiro atoms. The first kappa shape index (κ1) is 68.2. The van der Waals surface area contributed by atoms with Gasteiger partial charge in [0.15, 0.2) is 0 Å². The maximum atomic E-state index is 12.3. The molecule has 3 fully saturated rings.